The fourth-order valence-corrected chi connectivity index (χ4v) is 9.06. The van der Waals surface area contributed by atoms with Gasteiger partial charge in [0, 0.05) is 35.7 Å². The summed E-state index contributed by atoms with van der Waals surface area (Å²) in [5.41, 5.74) is 19.3. The number of carbonyl (C=O) groups is 4. The smallest absolute Gasteiger partial charge is 0.416 e. The lowest BCUT2D eigenvalue weighted by Crippen LogP contribution is -2.56. The van der Waals surface area contributed by atoms with E-state index in [9.17, 15) is 50.6 Å². The molecule has 4 aromatic carbocycles. The Morgan fingerprint density at radius 1 is 0.794 bits per heavy atom. The second-order valence-corrected chi connectivity index (χ2v) is 17.3. The molecular weight excluding hydrogens is 897 g/mol. The van der Waals surface area contributed by atoms with Crippen molar-refractivity contribution in [2.75, 3.05) is 74.0 Å². The number of amides is 4. The minimum atomic E-state index is -4.71. The van der Waals surface area contributed by atoms with Crippen LogP contribution in [-0.2, 0) is 26.7 Å². The number of nitrogens with two attached hydrogens (primary N) is 3. The van der Waals surface area contributed by atoms with Crippen molar-refractivity contribution in [3.05, 3.63) is 142 Å². The van der Waals surface area contributed by atoms with E-state index < -0.39 is 59.4 Å². The lowest BCUT2D eigenvalue weighted by atomic mass is 9.95. The topological polar surface area (TPSA) is 200 Å². The number of quaternary nitrogens is 1. The molecule has 3 heterocycles. The summed E-state index contributed by atoms with van der Waals surface area (Å²) in [6.07, 6.45) is -7.77. The lowest BCUT2D eigenvalue weighted by molar-refractivity contribution is -0.921. The molecule has 68 heavy (non-hydrogen) atoms. The average molecular weight is 949 g/mol. The molecule has 0 spiro atoms. The first-order chi connectivity index (χ1) is 32.2. The molecule has 14 nitrogen and oxygen atoms in total. The Morgan fingerprint density at radius 3 is 2.03 bits per heavy atom. The number of hydrogen-bond donors (Lipinski definition) is 6. The van der Waals surface area contributed by atoms with Crippen molar-refractivity contribution >= 4 is 46.6 Å². The van der Waals surface area contributed by atoms with E-state index in [-0.39, 0.29) is 90.6 Å². The third-order valence-electron chi connectivity index (χ3n) is 12.5. The number of benzene rings is 4. The number of alkyl halides is 6. The Kier molecular flexibility index (Phi) is 14.1. The first-order valence-electron chi connectivity index (χ1n) is 22.0. The number of nitrogens with one attached hydrogen (secondary N) is 2. The zero-order chi connectivity index (χ0) is 49.1. The van der Waals surface area contributed by atoms with Crippen LogP contribution in [0.5, 0.6) is 0 Å². The van der Waals surface area contributed by atoms with Crippen LogP contribution >= 0.6 is 0 Å². The predicted octanol–water partition coefficient (Wildman–Crippen LogP) is 7.26. The van der Waals surface area contributed by atoms with Crippen LogP contribution < -0.4 is 32.7 Å². The van der Waals surface area contributed by atoms with E-state index in [4.69, 9.17) is 17.2 Å². The summed E-state index contributed by atoms with van der Waals surface area (Å²) in [6.45, 7) is 2.25. The maximum atomic E-state index is 14.4. The van der Waals surface area contributed by atoms with Gasteiger partial charge in [-0.1, -0.05) is 49.7 Å². The van der Waals surface area contributed by atoms with Crippen LogP contribution in [0.25, 0.3) is 0 Å². The maximum absolute atomic E-state index is 14.4. The Morgan fingerprint density at radius 2 is 1.40 bits per heavy atom. The van der Waals surface area contributed by atoms with Gasteiger partial charge in [0.15, 0.2) is 6.54 Å². The number of carboxylic acids is 1. The van der Waals surface area contributed by atoms with Crippen molar-refractivity contribution in [2.24, 2.45) is 5.73 Å². The first kappa shape index (κ1) is 48.9. The Labute approximate surface area is 388 Å². The zero-order valence-corrected chi connectivity index (χ0v) is 37.0. The molecule has 0 fully saturated rings. The molecule has 0 aromatic heterocycles. The molecule has 0 aliphatic carbocycles. The van der Waals surface area contributed by atoms with E-state index in [0.29, 0.717) is 41.9 Å². The molecule has 1 unspecified atom stereocenters. The van der Waals surface area contributed by atoms with Crippen molar-refractivity contribution in [1.82, 2.24) is 15.1 Å². The highest BCUT2D eigenvalue weighted by molar-refractivity contribution is 6.07. The molecular formula is C48H52F6N9O5+. The van der Waals surface area contributed by atoms with Gasteiger partial charge >= 0.3 is 24.4 Å². The molecule has 0 saturated carbocycles. The minimum absolute atomic E-state index is 0.0116. The van der Waals surface area contributed by atoms with Crippen LogP contribution in [0, 0.1) is 0 Å². The van der Waals surface area contributed by atoms with E-state index in [2.05, 4.69) is 10.6 Å². The number of halogens is 6. The summed E-state index contributed by atoms with van der Waals surface area (Å²) in [4.78, 5) is 59.3. The standard InChI is InChI=1S/C48H51F6N9O5/c1-2-3-21-63(28-39(64)65,23-20-61-26-37(58-35-9-4-7-31(24-35)47(49,50)51)40(44(61)66)42(57)29-11-15-33(55)16-12-29)22-6-19-60-27-38-41(45(60)67)43(30-13-17-34(56)18-14-30)59-46(68)62(38)36-10-5-8-32(25-36)48(52,53)54/h4-5,7-18,24-25,42-43H,2-3,6,19-23,26-28,55-57H2,1H3,(H2-,58,59,64,65,66,68)/p+1/t42-,43-,63?/m1/s1. The fourth-order valence-electron chi connectivity index (χ4n) is 9.06. The zero-order valence-electron chi connectivity index (χ0n) is 37.0. The maximum Gasteiger partial charge on any atom is 0.416 e. The number of unbranched alkanes of at least 4 members (excludes halogenated alkanes) is 1. The third-order valence-corrected chi connectivity index (χ3v) is 12.5. The normalized spacial score (nSPS) is 18.0. The van der Waals surface area contributed by atoms with Gasteiger partial charge in [-0.3, -0.25) is 14.5 Å². The summed E-state index contributed by atoms with van der Waals surface area (Å²) in [6, 6.07) is 19.1. The summed E-state index contributed by atoms with van der Waals surface area (Å²) in [7, 11) is 0. The average Bonchev–Trinajstić information content (AvgIpc) is 3.78. The second-order valence-electron chi connectivity index (χ2n) is 17.3. The quantitative estimate of drug-likeness (QED) is 0.0338. The monoisotopic (exact) mass is 948 g/mol. The van der Waals surface area contributed by atoms with Crippen LogP contribution in [0.15, 0.2) is 120 Å². The van der Waals surface area contributed by atoms with Crippen LogP contribution in [0.1, 0.15) is 60.5 Å². The van der Waals surface area contributed by atoms with E-state index >= 15 is 0 Å². The van der Waals surface area contributed by atoms with Gasteiger partial charge in [-0.05, 0) is 78.2 Å². The number of hydrogen-bond acceptors (Lipinski definition) is 8. The van der Waals surface area contributed by atoms with Gasteiger partial charge in [0.1, 0.15) is 0 Å². The highest BCUT2D eigenvalue weighted by Gasteiger charge is 2.46. The van der Waals surface area contributed by atoms with Crippen LogP contribution in [0.3, 0.4) is 0 Å². The van der Waals surface area contributed by atoms with Crippen molar-refractivity contribution in [1.29, 1.82) is 0 Å². The molecule has 3 aliphatic rings. The number of nitrogens with zero attached hydrogens (tertiary/aromatic N) is 4. The van der Waals surface area contributed by atoms with Gasteiger partial charge in [0.25, 0.3) is 11.8 Å². The number of carboxylic acid groups (broad SMARTS) is 1. The van der Waals surface area contributed by atoms with Crippen LogP contribution in [0.2, 0.25) is 0 Å². The molecule has 3 aliphatic heterocycles. The van der Waals surface area contributed by atoms with E-state index in [0.717, 1.165) is 29.2 Å². The number of carbonyl (C=O) groups excluding carboxylic acids is 3. The largest absolute Gasteiger partial charge is 0.477 e. The Balaban J connectivity index is 1.13. The molecule has 4 aromatic rings. The molecule has 0 radical (unpaired) electrons. The second kappa shape index (κ2) is 19.7. The van der Waals surface area contributed by atoms with Crippen molar-refractivity contribution in [3.63, 3.8) is 0 Å². The summed E-state index contributed by atoms with van der Waals surface area (Å²) < 4.78 is 82.7. The molecule has 3 atom stereocenters. The van der Waals surface area contributed by atoms with Gasteiger partial charge in [-0.2, -0.15) is 26.3 Å². The minimum Gasteiger partial charge on any atom is -0.477 e. The summed E-state index contributed by atoms with van der Waals surface area (Å²) in [5, 5.41) is 16.1. The molecule has 9 N–H and O–H groups in total. The van der Waals surface area contributed by atoms with Gasteiger partial charge in [-0.15, -0.1) is 0 Å². The number of anilines is 4. The molecule has 0 saturated heterocycles. The van der Waals surface area contributed by atoms with E-state index in [1.807, 2.05) is 6.92 Å². The molecule has 360 valence electrons. The number of urea groups is 1. The van der Waals surface area contributed by atoms with Gasteiger partial charge in [0.2, 0.25) is 0 Å². The number of aliphatic carboxylic acids is 1. The highest BCUT2D eigenvalue weighted by atomic mass is 19.4. The number of rotatable bonds is 18. The highest BCUT2D eigenvalue weighted by Crippen LogP contribution is 2.41. The predicted molar refractivity (Wildman–Crippen MR) is 243 cm³/mol. The Bertz CT molecular complexity index is 2620. The molecule has 7 rings (SSSR count). The van der Waals surface area contributed by atoms with Gasteiger partial charge in [0.05, 0.1) is 85.0 Å². The third kappa shape index (κ3) is 10.7. The van der Waals surface area contributed by atoms with Gasteiger partial charge < -0.3 is 47.2 Å². The summed E-state index contributed by atoms with van der Waals surface area (Å²) >= 11 is 0. The molecule has 0 bridgehead atoms. The van der Waals surface area contributed by atoms with Crippen molar-refractivity contribution in [3.8, 4) is 0 Å². The SMILES string of the molecule is CCCC[N+](CCCN1CC2=C(C1=O)[C@@H](c1ccc(N)cc1)NC(=O)N2c1cccc(C(F)(F)F)c1)(CCN1CC(Nc2cccc(C(F)(F)F)c2)=C([C@H](N)c2ccc(N)cc2)C1=O)CC(=O)O. The Hall–Kier alpha value is -7.06. The van der Waals surface area contributed by atoms with Crippen LogP contribution in [-0.4, -0.2) is 95.6 Å². The van der Waals surface area contributed by atoms with E-state index in [1.165, 1.54) is 34.1 Å². The van der Waals surface area contributed by atoms with Crippen LogP contribution in [0.4, 0.5) is 53.9 Å². The van der Waals surface area contributed by atoms with E-state index in [1.54, 1.807) is 48.5 Å². The molecule has 20 heteroatoms. The number of nitrogen functional groups attached to an aromatic ring is 2. The first-order valence-corrected chi connectivity index (χ1v) is 22.0. The summed E-state index contributed by atoms with van der Waals surface area (Å²) in [5.74, 6) is -2.06. The van der Waals surface area contributed by atoms with Gasteiger partial charge in [-0.25, -0.2) is 9.59 Å². The molecule has 4 amide bonds. The fraction of sp³-hybridized carbons (Fsp3) is 0.333. The lowest BCUT2D eigenvalue weighted by Gasteiger charge is -2.39. The van der Waals surface area contributed by atoms with Crippen molar-refractivity contribution < 1.29 is 55.1 Å². The van der Waals surface area contributed by atoms with Crippen molar-refractivity contribution in [2.45, 2.75) is 50.6 Å².